The Bertz CT molecular complexity index is 2810. The first-order valence-electron chi connectivity index (χ1n) is 26.4. The lowest BCUT2D eigenvalue weighted by molar-refractivity contribution is -0.140. The molecule has 0 aliphatic carbocycles. The van der Waals surface area contributed by atoms with Crippen LogP contribution < -0.4 is 0 Å². The number of aliphatic hydroxyl groups is 2. The number of aromatic nitrogens is 2. The zero-order valence-electron chi connectivity index (χ0n) is 45.4. The van der Waals surface area contributed by atoms with Crippen LogP contribution in [0, 0.1) is 13.8 Å². The van der Waals surface area contributed by atoms with Gasteiger partial charge in [-0.15, -0.1) is 0 Å². The minimum Gasteiger partial charge on any atom is -0.481 e. The quantitative estimate of drug-likeness (QED) is 0.0574. The van der Waals surface area contributed by atoms with Crippen molar-refractivity contribution in [2.45, 2.75) is 155 Å². The van der Waals surface area contributed by atoms with Crippen LogP contribution in [0.15, 0.2) is 134 Å². The molecule has 2 heterocycles. The summed E-state index contributed by atoms with van der Waals surface area (Å²) in [5.74, 6) is -1.13. The van der Waals surface area contributed by atoms with Crippen LogP contribution in [0.1, 0.15) is 162 Å². The van der Waals surface area contributed by atoms with Gasteiger partial charge in [-0.05, 0) is 144 Å². The van der Waals surface area contributed by atoms with Crippen LogP contribution in [0.5, 0.6) is 0 Å². The fourth-order valence-corrected chi connectivity index (χ4v) is 10.1. The molecule has 0 bridgehead atoms. The van der Waals surface area contributed by atoms with Crippen molar-refractivity contribution in [3.63, 3.8) is 0 Å². The van der Waals surface area contributed by atoms with Crippen molar-refractivity contribution in [2.24, 2.45) is 0 Å². The van der Waals surface area contributed by atoms with Gasteiger partial charge in [-0.3, -0.25) is 19.6 Å². The summed E-state index contributed by atoms with van der Waals surface area (Å²) in [4.78, 5) is 31.3. The first-order valence-corrected chi connectivity index (χ1v) is 26.4. The average molecular weight is 985 g/mol. The fraction of sp³-hybridized carbons (Fsp3) is 0.385. The lowest BCUT2D eigenvalue weighted by Gasteiger charge is -2.34. The van der Waals surface area contributed by atoms with Gasteiger partial charge < -0.3 is 20.1 Å². The standard InChI is InChI=1S/C33H41NO3.C32H39NO3/c1-7-32(36,8-2)18-17-26-11-16-30(19-24(26)5)33(9-3,10-4)29-14-12-27(13-15-29)28-20-25(22-34-23-28)21-31(35)37-6;1-6-31(36,7-2)17-16-25-10-15-29(18-23(25)5)32(8-3,9-4)28-13-11-26(12-14-28)27-19-24(20-30(34)35)21-33-22-27/h11-20,22-23,36H,7-10,21H2,1-6H3;10-19,21-22,36H,6-9,20H2,1-5H3,(H,34,35)/b18-17+;17-16+. The molecule has 0 atom stereocenters. The van der Waals surface area contributed by atoms with Crippen LogP contribution in [-0.2, 0) is 38.0 Å². The van der Waals surface area contributed by atoms with Crippen LogP contribution >= 0.6 is 0 Å². The lowest BCUT2D eigenvalue weighted by atomic mass is 9.70. The second-order valence-electron chi connectivity index (χ2n) is 19.7. The van der Waals surface area contributed by atoms with Crippen LogP contribution in [0.2, 0.25) is 0 Å². The molecule has 6 rings (SSSR count). The number of methoxy groups -OCH3 is 1. The van der Waals surface area contributed by atoms with E-state index < -0.39 is 17.2 Å². The number of carbonyl (C=O) groups is 2. The number of aliphatic carboxylic acids is 1. The van der Waals surface area contributed by atoms with Gasteiger partial charge in [-0.2, -0.15) is 0 Å². The molecule has 0 unspecified atom stereocenters. The Balaban J connectivity index is 0.000000271. The van der Waals surface area contributed by atoms with E-state index in [0.717, 1.165) is 64.6 Å². The van der Waals surface area contributed by atoms with Gasteiger partial charge in [-0.25, -0.2) is 0 Å². The number of nitrogens with zero attached hydrogens (tertiary/aromatic N) is 2. The van der Waals surface area contributed by atoms with E-state index in [1.54, 1.807) is 18.6 Å². The molecule has 0 saturated heterocycles. The molecule has 386 valence electrons. The summed E-state index contributed by atoms with van der Waals surface area (Å²) in [6, 6.07) is 34.6. The molecule has 8 nitrogen and oxygen atoms in total. The molecule has 0 saturated carbocycles. The number of esters is 1. The van der Waals surface area contributed by atoms with E-state index in [1.165, 1.54) is 40.5 Å². The van der Waals surface area contributed by atoms with E-state index in [-0.39, 0.29) is 29.6 Å². The average Bonchev–Trinajstić information content (AvgIpc) is 3.41. The van der Waals surface area contributed by atoms with Gasteiger partial charge in [0.05, 0.1) is 31.2 Å². The highest BCUT2D eigenvalue weighted by Gasteiger charge is 2.32. The van der Waals surface area contributed by atoms with E-state index in [9.17, 15) is 19.8 Å². The summed E-state index contributed by atoms with van der Waals surface area (Å²) in [6.07, 6.45) is 21.8. The third-order valence-electron chi connectivity index (χ3n) is 15.7. The second-order valence-corrected chi connectivity index (χ2v) is 19.7. The highest BCUT2D eigenvalue weighted by Crippen LogP contribution is 2.42. The number of rotatable bonds is 22. The van der Waals surface area contributed by atoms with E-state index in [2.05, 4.69) is 143 Å². The number of hydrogen-bond acceptors (Lipinski definition) is 7. The van der Waals surface area contributed by atoms with Gasteiger partial charge in [0, 0.05) is 46.7 Å². The summed E-state index contributed by atoms with van der Waals surface area (Å²) >= 11 is 0. The largest absolute Gasteiger partial charge is 0.481 e. The number of benzene rings is 4. The molecule has 0 aliphatic heterocycles. The van der Waals surface area contributed by atoms with Crippen molar-refractivity contribution in [1.82, 2.24) is 9.97 Å². The van der Waals surface area contributed by atoms with Crippen LogP contribution in [-0.4, -0.2) is 55.5 Å². The summed E-state index contributed by atoms with van der Waals surface area (Å²) in [5, 5.41) is 30.4. The summed E-state index contributed by atoms with van der Waals surface area (Å²) in [6.45, 7) is 21.3. The van der Waals surface area contributed by atoms with Crippen molar-refractivity contribution >= 4 is 24.1 Å². The number of carbonyl (C=O) groups excluding carboxylic acids is 1. The predicted octanol–water partition coefficient (Wildman–Crippen LogP) is 14.8. The van der Waals surface area contributed by atoms with E-state index in [1.807, 2.05) is 64.3 Å². The Morgan fingerprint density at radius 2 is 0.836 bits per heavy atom. The van der Waals surface area contributed by atoms with E-state index >= 15 is 0 Å². The maximum absolute atomic E-state index is 11.7. The molecule has 6 aromatic rings. The topological polar surface area (TPSA) is 130 Å². The van der Waals surface area contributed by atoms with Crippen molar-refractivity contribution in [1.29, 1.82) is 0 Å². The van der Waals surface area contributed by atoms with Crippen molar-refractivity contribution in [2.75, 3.05) is 7.11 Å². The number of carboxylic acids is 1. The maximum atomic E-state index is 11.7. The van der Waals surface area contributed by atoms with Crippen molar-refractivity contribution in [3.05, 3.63) is 190 Å². The SMILES string of the molecule is CCC(O)(/C=C/c1ccc(C(CC)(CC)c2ccc(-c3cncc(CC(=O)O)c3)cc2)cc1C)CC.CCC(O)(/C=C/c1ccc(C(CC)(CC)c2ccc(-c3cncc(CC(=O)OC)c3)cc2)cc1C)CC. The van der Waals surface area contributed by atoms with Crippen LogP contribution in [0.4, 0.5) is 0 Å². The minimum atomic E-state index is -0.858. The van der Waals surface area contributed by atoms with Crippen LogP contribution in [0.25, 0.3) is 34.4 Å². The van der Waals surface area contributed by atoms with Crippen molar-refractivity contribution in [3.8, 4) is 22.3 Å². The minimum absolute atomic E-state index is 0.0333. The zero-order chi connectivity index (χ0) is 53.4. The van der Waals surface area contributed by atoms with E-state index in [4.69, 9.17) is 9.84 Å². The van der Waals surface area contributed by atoms with Gasteiger partial charge in [0.2, 0.25) is 0 Å². The smallest absolute Gasteiger partial charge is 0.310 e. The molecule has 0 spiro atoms. The Morgan fingerprint density at radius 3 is 1.15 bits per heavy atom. The third kappa shape index (κ3) is 14.0. The normalized spacial score (nSPS) is 12.2. The first kappa shape index (κ1) is 57.4. The molecule has 2 aromatic heterocycles. The highest BCUT2D eigenvalue weighted by molar-refractivity contribution is 5.74. The molecule has 0 fully saturated rings. The Hall–Kier alpha value is -6.48. The Kier molecular flexibility index (Phi) is 20.4. The lowest BCUT2D eigenvalue weighted by Crippen LogP contribution is -2.26. The Labute approximate surface area is 436 Å². The van der Waals surface area contributed by atoms with Gasteiger partial charge in [0.1, 0.15) is 0 Å². The molecular formula is C65H80N2O6. The number of aryl methyl sites for hydroxylation is 2. The summed E-state index contributed by atoms with van der Waals surface area (Å²) in [5.41, 5.74) is 13.6. The maximum Gasteiger partial charge on any atom is 0.310 e. The molecule has 0 amide bonds. The molecule has 0 radical (unpaired) electrons. The number of ether oxygens (including phenoxy) is 1. The number of carboxylic acid groups (broad SMARTS) is 1. The summed E-state index contributed by atoms with van der Waals surface area (Å²) < 4.78 is 4.79. The van der Waals surface area contributed by atoms with Crippen LogP contribution in [0.3, 0.4) is 0 Å². The molecular weight excluding hydrogens is 905 g/mol. The number of pyridine rings is 2. The summed E-state index contributed by atoms with van der Waals surface area (Å²) in [7, 11) is 1.40. The fourth-order valence-electron chi connectivity index (χ4n) is 10.1. The van der Waals surface area contributed by atoms with Gasteiger partial charge in [0.25, 0.3) is 0 Å². The molecule has 4 aromatic carbocycles. The molecule has 0 aliphatic rings. The molecule has 3 N–H and O–H groups in total. The monoisotopic (exact) mass is 985 g/mol. The number of hydrogen-bond donors (Lipinski definition) is 3. The van der Waals surface area contributed by atoms with Gasteiger partial charge >= 0.3 is 11.9 Å². The van der Waals surface area contributed by atoms with Gasteiger partial charge in [0.15, 0.2) is 0 Å². The first-order chi connectivity index (χ1) is 34.9. The van der Waals surface area contributed by atoms with Crippen molar-refractivity contribution < 1.29 is 29.6 Å². The Morgan fingerprint density at radius 1 is 0.479 bits per heavy atom. The highest BCUT2D eigenvalue weighted by atomic mass is 16.5. The molecule has 8 heteroatoms. The third-order valence-corrected chi connectivity index (χ3v) is 15.7. The van der Waals surface area contributed by atoms with Gasteiger partial charge in [-0.1, -0.05) is 165 Å². The second kappa shape index (κ2) is 26.0. The van der Waals surface area contributed by atoms with E-state index in [0.29, 0.717) is 31.2 Å². The zero-order valence-corrected chi connectivity index (χ0v) is 45.4. The predicted molar refractivity (Wildman–Crippen MR) is 301 cm³/mol. The molecule has 73 heavy (non-hydrogen) atoms.